The van der Waals surface area contributed by atoms with Gasteiger partial charge in [-0.15, -0.1) is 0 Å². The molecule has 1 amide bonds. The van der Waals surface area contributed by atoms with Gasteiger partial charge >= 0.3 is 0 Å². The zero-order chi connectivity index (χ0) is 19.9. The van der Waals surface area contributed by atoms with Crippen molar-refractivity contribution in [3.63, 3.8) is 0 Å². The van der Waals surface area contributed by atoms with E-state index in [0.717, 1.165) is 23.4 Å². The molecule has 7 heteroatoms. The SMILES string of the molecule is COc1ccc(N(CC(=O)N[C@H](C)CCc2ccccc2)S(C)(=O)=O)cc1. The van der Waals surface area contributed by atoms with Crippen LogP contribution in [0.4, 0.5) is 5.69 Å². The molecular formula is C20H26N2O4S. The van der Waals surface area contributed by atoms with Gasteiger partial charge in [0.1, 0.15) is 12.3 Å². The van der Waals surface area contributed by atoms with Gasteiger partial charge in [0.25, 0.3) is 0 Å². The number of hydrogen-bond acceptors (Lipinski definition) is 4. The number of sulfonamides is 1. The Kier molecular flexibility index (Phi) is 7.24. The Morgan fingerprint density at radius 1 is 1.11 bits per heavy atom. The second-order valence-corrected chi connectivity index (χ2v) is 8.37. The Morgan fingerprint density at radius 3 is 2.30 bits per heavy atom. The Hall–Kier alpha value is -2.54. The van der Waals surface area contributed by atoms with E-state index in [9.17, 15) is 13.2 Å². The molecule has 27 heavy (non-hydrogen) atoms. The van der Waals surface area contributed by atoms with Crippen molar-refractivity contribution in [1.29, 1.82) is 0 Å². The number of nitrogens with one attached hydrogen (secondary N) is 1. The highest BCUT2D eigenvalue weighted by Crippen LogP contribution is 2.21. The molecule has 1 N–H and O–H groups in total. The maximum absolute atomic E-state index is 12.4. The number of aryl methyl sites for hydroxylation is 1. The second kappa shape index (κ2) is 9.41. The number of nitrogens with zero attached hydrogens (tertiary/aromatic N) is 1. The molecule has 0 spiro atoms. The third-order valence-electron chi connectivity index (χ3n) is 4.16. The normalized spacial score (nSPS) is 12.3. The van der Waals surface area contributed by atoms with E-state index in [-0.39, 0.29) is 18.5 Å². The fourth-order valence-corrected chi connectivity index (χ4v) is 3.56. The van der Waals surface area contributed by atoms with Crippen LogP contribution in [0, 0.1) is 0 Å². The molecule has 0 unspecified atom stereocenters. The number of anilines is 1. The fourth-order valence-electron chi connectivity index (χ4n) is 2.70. The standard InChI is InChI=1S/C20H26N2O4S/c1-16(9-10-17-7-5-4-6-8-17)21-20(23)15-22(27(3,24)25)18-11-13-19(26-2)14-12-18/h4-8,11-14,16H,9-10,15H2,1-3H3,(H,21,23)/t16-/m1/s1. The van der Waals surface area contributed by atoms with Gasteiger partial charge in [0, 0.05) is 6.04 Å². The number of carbonyl (C=O) groups is 1. The number of ether oxygens (including phenoxy) is 1. The Morgan fingerprint density at radius 2 is 1.74 bits per heavy atom. The van der Waals surface area contributed by atoms with Gasteiger partial charge in [-0.05, 0) is 49.6 Å². The van der Waals surface area contributed by atoms with Crippen molar-refractivity contribution in [3.05, 3.63) is 60.2 Å². The molecule has 2 aromatic rings. The van der Waals surface area contributed by atoms with E-state index >= 15 is 0 Å². The molecule has 2 aromatic carbocycles. The molecule has 0 saturated heterocycles. The summed E-state index contributed by atoms with van der Waals surface area (Å²) in [5.74, 6) is 0.281. The van der Waals surface area contributed by atoms with Crippen LogP contribution in [0.2, 0.25) is 0 Å². The molecule has 1 atom stereocenters. The van der Waals surface area contributed by atoms with E-state index in [1.54, 1.807) is 24.3 Å². The maximum atomic E-state index is 12.4. The Balaban J connectivity index is 1.96. The summed E-state index contributed by atoms with van der Waals surface area (Å²) in [6.45, 7) is 1.65. The van der Waals surface area contributed by atoms with Gasteiger partial charge in [-0.3, -0.25) is 9.10 Å². The summed E-state index contributed by atoms with van der Waals surface area (Å²) in [5.41, 5.74) is 1.62. The highest BCUT2D eigenvalue weighted by atomic mass is 32.2. The lowest BCUT2D eigenvalue weighted by Crippen LogP contribution is -2.43. The van der Waals surface area contributed by atoms with Crippen LogP contribution in [0.15, 0.2) is 54.6 Å². The first-order valence-corrected chi connectivity index (χ1v) is 10.6. The lowest BCUT2D eigenvalue weighted by molar-refractivity contribution is -0.120. The summed E-state index contributed by atoms with van der Waals surface area (Å²) >= 11 is 0. The summed E-state index contributed by atoms with van der Waals surface area (Å²) < 4.78 is 30.4. The molecule has 0 aliphatic carbocycles. The van der Waals surface area contributed by atoms with Gasteiger partial charge in [-0.1, -0.05) is 30.3 Å². The van der Waals surface area contributed by atoms with Crippen LogP contribution >= 0.6 is 0 Å². The molecule has 6 nitrogen and oxygen atoms in total. The summed E-state index contributed by atoms with van der Waals surface area (Å²) in [6.07, 6.45) is 2.71. The quantitative estimate of drug-likeness (QED) is 0.714. The van der Waals surface area contributed by atoms with Crippen molar-refractivity contribution < 1.29 is 17.9 Å². The van der Waals surface area contributed by atoms with Gasteiger partial charge in [-0.2, -0.15) is 0 Å². The molecule has 0 fully saturated rings. The van der Waals surface area contributed by atoms with Crippen molar-refractivity contribution in [3.8, 4) is 5.75 Å². The van der Waals surface area contributed by atoms with E-state index in [1.807, 2.05) is 37.3 Å². The molecular weight excluding hydrogens is 364 g/mol. The zero-order valence-electron chi connectivity index (χ0n) is 15.9. The average molecular weight is 391 g/mol. The number of carbonyl (C=O) groups excluding carboxylic acids is 1. The van der Waals surface area contributed by atoms with E-state index in [4.69, 9.17) is 4.74 Å². The molecule has 0 aliphatic heterocycles. The first-order valence-electron chi connectivity index (χ1n) is 8.74. The molecule has 146 valence electrons. The van der Waals surface area contributed by atoms with Gasteiger partial charge in [0.15, 0.2) is 0 Å². The number of rotatable bonds is 9. The molecule has 0 heterocycles. The molecule has 2 rings (SSSR count). The summed E-state index contributed by atoms with van der Waals surface area (Å²) in [7, 11) is -2.06. The predicted octanol–water partition coefficient (Wildman–Crippen LogP) is 2.60. The van der Waals surface area contributed by atoms with Crippen LogP contribution in [0.3, 0.4) is 0 Å². The smallest absolute Gasteiger partial charge is 0.240 e. The zero-order valence-corrected chi connectivity index (χ0v) is 16.7. The van der Waals surface area contributed by atoms with Crippen LogP contribution in [0.25, 0.3) is 0 Å². The first-order chi connectivity index (χ1) is 12.8. The molecule has 0 aliphatic rings. The van der Waals surface area contributed by atoms with E-state index in [0.29, 0.717) is 11.4 Å². The highest BCUT2D eigenvalue weighted by molar-refractivity contribution is 7.92. The second-order valence-electron chi connectivity index (χ2n) is 6.46. The number of amides is 1. The molecule has 0 bridgehead atoms. The molecule has 0 aromatic heterocycles. The fraction of sp³-hybridized carbons (Fsp3) is 0.350. The van der Waals surface area contributed by atoms with Crippen LogP contribution in [0.1, 0.15) is 18.9 Å². The van der Waals surface area contributed by atoms with E-state index < -0.39 is 10.0 Å². The minimum absolute atomic E-state index is 0.0602. The topological polar surface area (TPSA) is 75.7 Å². The Labute approximate surface area is 161 Å². The number of methoxy groups -OCH3 is 1. The largest absolute Gasteiger partial charge is 0.497 e. The van der Waals surface area contributed by atoms with Crippen molar-refractivity contribution in [2.45, 2.75) is 25.8 Å². The van der Waals surface area contributed by atoms with Crippen molar-refractivity contribution in [1.82, 2.24) is 5.32 Å². The lowest BCUT2D eigenvalue weighted by atomic mass is 10.1. The Bertz CT molecular complexity index is 836. The number of benzene rings is 2. The summed E-state index contributed by atoms with van der Waals surface area (Å²) in [5, 5.41) is 2.88. The highest BCUT2D eigenvalue weighted by Gasteiger charge is 2.21. The molecule has 0 saturated carbocycles. The summed E-state index contributed by atoms with van der Waals surface area (Å²) in [4.78, 5) is 12.4. The maximum Gasteiger partial charge on any atom is 0.240 e. The minimum atomic E-state index is -3.59. The van der Waals surface area contributed by atoms with Crippen molar-refractivity contribution in [2.24, 2.45) is 0 Å². The van der Waals surface area contributed by atoms with Gasteiger partial charge in [0.05, 0.1) is 19.1 Å². The molecule has 0 radical (unpaired) electrons. The monoisotopic (exact) mass is 390 g/mol. The van der Waals surface area contributed by atoms with Gasteiger partial charge in [0.2, 0.25) is 15.9 Å². The average Bonchev–Trinajstić information content (AvgIpc) is 2.64. The lowest BCUT2D eigenvalue weighted by Gasteiger charge is -2.23. The van der Waals surface area contributed by atoms with Crippen LogP contribution in [-0.2, 0) is 21.2 Å². The van der Waals surface area contributed by atoms with Gasteiger partial charge < -0.3 is 10.1 Å². The predicted molar refractivity (Wildman–Crippen MR) is 108 cm³/mol. The van der Waals surface area contributed by atoms with Crippen molar-refractivity contribution >= 4 is 21.6 Å². The third-order valence-corrected chi connectivity index (χ3v) is 5.30. The first kappa shape index (κ1) is 20.8. The van der Waals surface area contributed by atoms with Crippen LogP contribution in [-0.4, -0.2) is 40.3 Å². The summed E-state index contributed by atoms with van der Waals surface area (Å²) in [6, 6.07) is 16.5. The van der Waals surface area contributed by atoms with Crippen LogP contribution in [0.5, 0.6) is 5.75 Å². The van der Waals surface area contributed by atoms with Gasteiger partial charge in [-0.25, -0.2) is 8.42 Å². The van der Waals surface area contributed by atoms with E-state index in [2.05, 4.69) is 5.32 Å². The van der Waals surface area contributed by atoms with Crippen molar-refractivity contribution in [2.75, 3.05) is 24.2 Å². The number of hydrogen-bond donors (Lipinski definition) is 1. The third kappa shape index (κ3) is 6.60. The van der Waals surface area contributed by atoms with Crippen LogP contribution < -0.4 is 14.4 Å². The van der Waals surface area contributed by atoms with E-state index in [1.165, 1.54) is 12.7 Å². The minimum Gasteiger partial charge on any atom is -0.497 e.